The highest BCUT2D eigenvalue weighted by Crippen LogP contribution is 2.24. The highest BCUT2D eigenvalue weighted by molar-refractivity contribution is 7.91. The first kappa shape index (κ1) is 16.7. The van der Waals surface area contributed by atoms with Crippen LogP contribution in [0.1, 0.15) is 13.3 Å². The summed E-state index contributed by atoms with van der Waals surface area (Å²) in [7, 11) is -4.69. The lowest BCUT2D eigenvalue weighted by Crippen LogP contribution is -2.23. The van der Waals surface area contributed by atoms with Crippen molar-refractivity contribution < 1.29 is 30.4 Å². The van der Waals surface area contributed by atoms with Crippen molar-refractivity contribution in [1.29, 1.82) is 0 Å². The third-order valence-electron chi connectivity index (χ3n) is 2.37. The summed E-state index contributed by atoms with van der Waals surface area (Å²) in [5, 5.41) is 2.50. The molecule has 9 heteroatoms. The van der Waals surface area contributed by atoms with Gasteiger partial charge in [0, 0.05) is 11.7 Å². The molecule has 0 heterocycles. The van der Waals surface area contributed by atoms with Gasteiger partial charge >= 0.3 is 11.9 Å². The Kier molecular flexibility index (Phi) is 4.95. The topological polar surface area (TPSA) is 46.2 Å². The van der Waals surface area contributed by atoms with Crippen molar-refractivity contribution in [2.75, 3.05) is 5.32 Å². The van der Waals surface area contributed by atoms with E-state index in [1.807, 2.05) is 0 Å². The summed E-state index contributed by atoms with van der Waals surface area (Å²) in [6.07, 6.45) is -5.39. The van der Waals surface area contributed by atoms with Gasteiger partial charge in [-0.25, -0.2) is 8.42 Å². The molecule has 114 valence electrons. The first-order valence-electron chi connectivity index (χ1n) is 5.48. The predicted molar refractivity (Wildman–Crippen MR) is 63.4 cm³/mol. The number of hydrogen-bond donors (Lipinski definition) is 1. The van der Waals surface area contributed by atoms with E-state index < -0.39 is 39.1 Å². The van der Waals surface area contributed by atoms with Crippen molar-refractivity contribution in [2.45, 2.75) is 36.2 Å². The minimum atomic E-state index is -4.69. The van der Waals surface area contributed by atoms with Crippen LogP contribution in [0.3, 0.4) is 0 Å². The zero-order valence-corrected chi connectivity index (χ0v) is 11.1. The molecule has 20 heavy (non-hydrogen) atoms. The molecule has 3 nitrogen and oxygen atoms in total. The second-order valence-corrected chi connectivity index (χ2v) is 6.11. The van der Waals surface area contributed by atoms with Gasteiger partial charge in [-0.3, -0.25) is 0 Å². The minimum Gasteiger partial charge on any atom is -0.382 e. The molecule has 0 saturated carbocycles. The molecule has 1 atom stereocenters. The number of rotatable bonds is 5. The SMILES string of the molecule is CC(CC(F)(F)F)Nc1ccc(S(=O)(=O)C(F)F)cc1. The van der Waals surface area contributed by atoms with Crippen LogP contribution in [0, 0.1) is 0 Å². The van der Waals surface area contributed by atoms with Gasteiger partial charge in [-0.1, -0.05) is 0 Å². The summed E-state index contributed by atoms with van der Waals surface area (Å²) >= 11 is 0. The number of alkyl halides is 5. The van der Waals surface area contributed by atoms with Crippen LogP contribution in [0.5, 0.6) is 0 Å². The summed E-state index contributed by atoms with van der Waals surface area (Å²) in [6, 6.07) is 3.20. The Morgan fingerprint density at radius 2 is 1.65 bits per heavy atom. The molecule has 0 fully saturated rings. The molecule has 1 rings (SSSR count). The highest BCUT2D eigenvalue weighted by Gasteiger charge is 2.30. The van der Waals surface area contributed by atoms with Crippen molar-refractivity contribution in [3.8, 4) is 0 Å². The lowest BCUT2D eigenvalue weighted by Gasteiger charge is -2.17. The molecule has 0 radical (unpaired) electrons. The van der Waals surface area contributed by atoms with Gasteiger partial charge in [0.1, 0.15) is 0 Å². The third-order valence-corrected chi connectivity index (χ3v) is 3.77. The van der Waals surface area contributed by atoms with Gasteiger partial charge in [0.15, 0.2) is 0 Å². The molecule has 0 bridgehead atoms. The van der Waals surface area contributed by atoms with E-state index in [0.717, 1.165) is 24.3 Å². The van der Waals surface area contributed by atoms with Gasteiger partial charge < -0.3 is 5.32 Å². The van der Waals surface area contributed by atoms with Crippen molar-refractivity contribution in [1.82, 2.24) is 0 Å². The van der Waals surface area contributed by atoms with Gasteiger partial charge in [0.05, 0.1) is 11.3 Å². The molecule has 0 aliphatic carbocycles. The van der Waals surface area contributed by atoms with Crippen LogP contribution in [0.15, 0.2) is 29.2 Å². The summed E-state index contributed by atoms with van der Waals surface area (Å²) in [6.45, 7) is 1.30. The zero-order chi connectivity index (χ0) is 15.6. The maximum absolute atomic E-state index is 12.3. The van der Waals surface area contributed by atoms with Gasteiger partial charge in [-0.05, 0) is 31.2 Å². The van der Waals surface area contributed by atoms with Crippen molar-refractivity contribution in [3.05, 3.63) is 24.3 Å². The van der Waals surface area contributed by atoms with Crippen molar-refractivity contribution in [2.24, 2.45) is 0 Å². The van der Waals surface area contributed by atoms with E-state index in [0.29, 0.717) is 0 Å². The smallest absolute Gasteiger partial charge is 0.382 e. The van der Waals surface area contributed by atoms with E-state index in [4.69, 9.17) is 0 Å². The summed E-state index contributed by atoms with van der Waals surface area (Å²) in [5.74, 6) is -3.54. The fraction of sp³-hybridized carbons (Fsp3) is 0.455. The summed E-state index contributed by atoms with van der Waals surface area (Å²) in [5.41, 5.74) is 0.218. The van der Waals surface area contributed by atoms with Gasteiger partial charge in [-0.15, -0.1) is 0 Å². The molecular formula is C11H12F5NO2S. The number of sulfone groups is 1. The van der Waals surface area contributed by atoms with E-state index in [2.05, 4.69) is 5.32 Å². The molecule has 0 amide bonds. The molecule has 0 aromatic heterocycles. The molecule has 1 aromatic carbocycles. The average molecular weight is 317 g/mol. The third kappa shape index (κ3) is 4.62. The molecule has 0 aliphatic heterocycles. The summed E-state index contributed by atoms with van der Waals surface area (Å²) < 4.78 is 83.1. The number of nitrogens with one attached hydrogen (secondary N) is 1. The van der Waals surface area contributed by atoms with Crippen LogP contribution in [0.2, 0.25) is 0 Å². The van der Waals surface area contributed by atoms with E-state index in [1.165, 1.54) is 6.92 Å². The highest BCUT2D eigenvalue weighted by atomic mass is 32.2. The van der Waals surface area contributed by atoms with Crippen LogP contribution in [-0.2, 0) is 9.84 Å². The molecule has 1 N–H and O–H groups in total. The standard InChI is InChI=1S/C11H12F5NO2S/c1-7(6-11(14,15)16)17-8-2-4-9(5-3-8)20(18,19)10(12)13/h2-5,7,10,17H,6H2,1H3. The fourth-order valence-corrected chi connectivity index (χ4v) is 2.25. The Labute approximate surface area is 112 Å². The van der Waals surface area contributed by atoms with E-state index in [-0.39, 0.29) is 5.69 Å². The Bertz CT molecular complexity index is 539. The largest absolute Gasteiger partial charge is 0.391 e. The van der Waals surface area contributed by atoms with Crippen molar-refractivity contribution in [3.63, 3.8) is 0 Å². The van der Waals surface area contributed by atoms with Crippen LogP contribution in [0.4, 0.5) is 27.6 Å². The number of hydrogen-bond acceptors (Lipinski definition) is 3. The second-order valence-electron chi connectivity index (χ2n) is 4.19. The molecule has 0 aliphatic rings. The Morgan fingerprint density at radius 3 is 2.05 bits per heavy atom. The monoisotopic (exact) mass is 317 g/mol. The Hall–Kier alpha value is -1.38. The Morgan fingerprint density at radius 1 is 1.15 bits per heavy atom. The number of anilines is 1. The van der Waals surface area contributed by atoms with E-state index in [9.17, 15) is 30.4 Å². The lowest BCUT2D eigenvalue weighted by atomic mass is 10.2. The summed E-state index contributed by atoms with van der Waals surface area (Å²) in [4.78, 5) is -0.582. The minimum absolute atomic E-state index is 0.218. The molecule has 1 unspecified atom stereocenters. The van der Waals surface area contributed by atoms with Crippen LogP contribution < -0.4 is 5.32 Å². The molecular weight excluding hydrogens is 305 g/mol. The quantitative estimate of drug-likeness (QED) is 0.846. The van der Waals surface area contributed by atoms with E-state index in [1.54, 1.807) is 0 Å². The lowest BCUT2D eigenvalue weighted by molar-refractivity contribution is -0.136. The zero-order valence-electron chi connectivity index (χ0n) is 10.3. The number of halogens is 5. The van der Waals surface area contributed by atoms with Gasteiger partial charge in [-0.2, -0.15) is 22.0 Å². The first-order valence-corrected chi connectivity index (χ1v) is 7.02. The van der Waals surface area contributed by atoms with Crippen LogP contribution in [-0.4, -0.2) is 26.4 Å². The average Bonchev–Trinajstić information content (AvgIpc) is 2.26. The second kappa shape index (κ2) is 5.94. The first-order chi connectivity index (χ1) is 9.02. The maximum atomic E-state index is 12.3. The Balaban J connectivity index is 2.78. The maximum Gasteiger partial charge on any atom is 0.391 e. The normalized spacial score (nSPS) is 14.3. The molecule has 0 spiro atoms. The molecule has 1 aromatic rings. The van der Waals surface area contributed by atoms with Gasteiger partial charge in [0.25, 0.3) is 0 Å². The fourth-order valence-electron chi connectivity index (χ4n) is 1.53. The van der Waals surface area contributed by atoms with Gasteiger partial charge in [0.2, 0.25) is 9.84 Å². The number of benzene rings is 1. The van der Waals surface area contributed by atoms with Crippen LogP contribution >= 0.6 is 0 Å². The van der Waals surface area contributed by atoms with E-state index >= 15 is 0 Å². The van der Waals surface area contributed by atoms with Crippen LogP contribution in [0.25, 0.3) is 0 Å². The van der Waals surface area contributed by atoms with Crippen molar-refractivity contribution >= 4 is 15.5 Å². The predicted octanol–water partition coefficient (Wildman–Crippen LogP) is 3.44. The molecule has 0 saturated heterocycles.